The molecule has 1 aromatic heterocycles. The molecule has 2 aliphatic rings. The quantitative estimate of drug-likeness (QED) is 0.795. The van der Waals surface area contributed by atoms with E-state index in [0.717, 1.165) is 29.1 Å². The zero-order valence-corrected chi connectivity index (χ0v) is 13.7. The number of nitrogens with zero attached hydrogens (tertiary/aromatic N) is 2. The van der Waals surface area contributed by atoms with Gasteiger partial charge in [0.15, 0.2) is 0 Å². The number of fused-ring (bicyclic) bond motifs is 3. The first-order valence-corrected chi connectivity index (χ1v) is 8.77. The van der Waals surface area contributed by atoms with Crippen molar-refractivity contribution in [3.05, 3.63) is 64.6 Å². The molecule has 0 N–H and O–H groups in total. The highest BCUT2D eigenvalue weighted by Gasteiger charge is 2.32. The van der Waals surface area contributed by atoms with Gasteiger partial charge in [-0.2, -0.15) is 0 Å². The largest absolute Gasteiger partial charge is 0.298 e. The lowest BCUT2D eigenvalue weighted by molar-refractivity contribution is -0.117. The van der Waals surface area contributed by atoms with Crippen molar-refractivity contribution in [1.82, 2.24) is 0 Å². The summed E-state index contributed by atoms with van der Waals surface area (Å²) in [6, 6.07) is 10.2. The summed E-state index contributed by atoms with van der Waals surface area (Å²) in [7, 11) is 0. The third kappa shape index (κ3) is 2.34. The average Bonchev–Trinajstić information content (AvgIpc) is 3.12. The van der Waals surface area contributed by atoms with E-state index in [4.69, 9.17) is 4.99 Å². The van der Waals surface area contributed by atoms with E-state index in [1.807, 2.05) is 23.1 Å². The van der Waals surface area contributed by atoms with Crippen LogP contribution in [0.1, 0.15) is 28.0 Å². The number of anilines is 1. The molecule has 23 heavy (non-hydrogen) atoms. The molecule has 1 aliphatic heterocycles. The summed E-state index contributed by atoms with van der Waals surface area (Å²) in [5.41, 5.74) is 4.65. The van der Waals surface area contributed by atoms with Crippen molar-refractivity contribution in [2.45, 2.75) is 19.3 Å². The minimum atomic E-state index is 0.0528. The Hall–Kier alpha value is -2.20. The highest BCUT2D eigenvalue weighted by Crippen LogP contribution is 2.43. The van der Waals surface area contributed by atoms with E-state index in [2.05, 4.69) is 18.7 Å². The molecule has 1 aliphatic carbocycles. The maximum Gasteiger partial charge on any atom is 0.249 e. The second kappa shape index (κ2) is 5.78. The highest BCUT2D eigenvalue weighted by atomic mass is 32.1. The topological polar surface area (TPSA) is 32.7 Å². The smallest absolute Gasteiger partial charge is 0.249 e. The van der Waals surface area contributed by atoms with Crippen LogP contribution in [0.2, 0.25) is 0 Å². The fraction of sp³-hybridized carbons (Fsp3) is 0.263. The molecule has 0 spiro atoms. The maximum atomic E-state index is 12.5. The van der Waals surface area contributed by atoms with Crippen molar-refractivity contribution in [3.8, 4) is 0 Å². The summed E-state index contributed by atoms with van der Waals surface area (Å²) < 4.78 is 0. The summed E-state index contributed by atoms with van der Waals surface area (Å²) >= 11 is 1.76. The maximum absolute atomic E-state index is 12.5. The summed E-state index contributed by atoms with van der Waals surface area (Å²) in [4.78, 5) is 20.5. The van der Waals surface area contributed by atoms with Gasteiger partial charge in [0.2, 0.25) is 5.91 Å². The van der Waals surface area contributed by atoms with Gasteiger partial charge in [0.1, 0.15) is 11.5 Å². The van der Waals surface area contributed by atoms with E-state index in [-0.39, 0.29) is 12.5 Å². The van der Waals surface area contributed by atoms with Crippen LogP contribution in [0.5, 0.6) is 0 Å². The van der Waals surface area contributed by atoms with E-state index in [1.54, 1.807) is 17.4 Å². The lowest BCUT2D eigenvalue weighted by Gasteiger charge is -2.19. The average molecular weight is 322 g/mol. The van der Waals surface area contributed by atoms with Crippen LogP contribution in [-0.4, -0.2) is 24.7 Å². The predicted molar refractivity (Wildman–Crippen MR) is 95.8 cm³/mol. The summed E-state index contributed by atoms with van der Waals surface area (Å²) in [6.45, 7) is 4.55. The van der Waals surface area contributed by atoms with Crippen molar-refractivity contribution in [1.29, 1.82) is 0 Å². The number of aryl methyl sites for hydroxylation is 1. The van der Waals surface area contributed by atoms with E-state index >= 15 is 0 Å². The summed E-state index contributed by atoms with van der Waals surface area (Å²) in [5.74, 6) is 0.0528. The molecule has 0 saturated carbocycles. The molecule has 0 saturated heterocycles. The number of thiophene rings is 1. The summed E-state index contributed by atoms with van der Waals surface area (Å²) in [6.07, 6.45) is 5.19. The molecular formula is C19H18N2OS. The Morgan fingerprint density at radius 2 is 2.09 bits per heavy atom. The fourth-order valence-electron chi connectivity index (χ4n) is 3.39. The number of benzene rings is 1. The molecule has 2 heterocycles. The molecule has 1 amide bonds. The number of carbonyl (C=O) groups excluding carboxylic acids is 1. The van der Waals surface area contributed by atoms with Gasteiger partial charge in [-0.05, 0) is 24.8 Å². The van der Waals surface area contributed by atoms with Crippen LogP contribution < -0.4 is 4.90 Å². The van der Waals surface area contributed by atoms with Crippen molar-refractivity contribution < 1.29 is 4.79 Å². The van der Waals surface area contributed by atoms with E-state index in [9.17, 15) is 4.79 Å². The molecule has 0 bridgehead atoms. The van der Waals surface area contributed by atoms with Crippen molar-refractivity contribution in [3.63, 3.8) is 0 Å². The Morgan fingerprint density at radius 3 is 2.87 bits per heavy atom. The van der Waals surface area contributed by atoms with Crippen LogP contribution in [-0.2, 0) is 17.6 Å². The van der Waals surface area contributed by atoms with Gasteiger partial charge in [-0.25, -0.2) is 0 Å². The SMILES string of the molecule is C=CCN1C(=O)CN=C(c2ccccc2)c2c1sc1c2CCC1. The number of hydrogen-bond acceptors (Lipinski definition) is 3. The molecule has 0 atom stereocenters. The molecule has 0 unspecified atom stereocenters. The number of amides is 1. The molecule has 2 aromatic rings. The zero-order valence-electron chi connectivity index (χ0n) is 12.9. The van der Waals surface area contributed by atoms with Crippen LogP contribution in [0.15, 0.2) is 48.0 Å². The standard InChI is InChI=1S/C19H18N2OS/c1-2-11-21-16(22)12-20-18(13-7-4-3-5-8-13)17-14-9-6-10-15(14)23-19(17)21/h2-5,7-8H,1,6,9-12H2. The number of hydrogen-bond donors (Lipinski definition) is 0. The van der Waals surface area contributed by atoms with Gasteiger partial charge in [-0.1, -0.05) is 36.4 Å². The van der Waals surface area contributed by atoms with Gasteiger partial charge in [-0.3, -0.25) is 14.7 Å². The van der Waals surface area contributed by atoms with Gasteiger partial charge < -0.3 is 0 Å². The van der Waals surface area contributed by atoms with Gasteiger partial charge in [-0.15, -0.1) is 17.9 Å². The highest BCUT2D eigenvalue weighted by molar-refractivity contribution is 7.17. The molecule has 0 fully saturated rings. The second-order valence-corrected chi connectivity index (χ2v) is 6.94. The van der Waals surface area contributed by atoms with Crippen LogP contribution in [0.25, 0.3) is 0 Å². The van der Waals surface area contributed by atoms with E-state index in [1.165, 1.54) is 22.4 Å². The monoisotopic (exact) mass is 322 g/mol. The van der Waals surface area contributed by atoms with Crippen LogP contribution in [0.3, 0.4) is 0 Å². The fourth-order valence-corrected chi connectivity index (χ4v) is 4.81. The number of rotatable bonds is 3. The molecule has 4 heteroatoms. The Kier molecular flexibility index (Phi) is 3.62. The first-order valence-electron chi connectivity index (χ1n) is 7.95. The van der Waals surface area contributed by atoms with E-state index < -0.39 is 0 Å². The third-order valence-corrected chi connectivity index (χ3v) is 5.73. The molecule has 0 radical (unpaired) electrons. The Balaban J connectivity index is 1.94. The third-order valence-electron chi connectivity index (χ3n) is 4.42. The van der Waals surface area contributed by atoms with Crippen molar-refractivity contribution in [2.75, 3.05) is 18.0 Å². The van der Waals surface area contributed by atoms with Crippen LogP contribution in [0, 0.1) is 0 Å². The van der Waals surface area contributed by atoms with Gasteiger partial charge in [0.05, 0.1) is 5.71 Å². The van der Waals surface area contributed by atoms with Gasteiger partial charge in [0.25, 0.3) is 0 Å². The molecule has 4 rings (SSSR count). The second-order valence-electron chi connectivity index (χ2n) is 5.86. The molecular weight excluding hydrogens is 304 g/mol. The molecule has 1 aromatic carbocycles. The minimum Gasteiger partial charge on any atom is -0.298 e. The van der Waals surface area contributed by atoms with Crippen molar-refractivity contribution >= 4 is 28.0 Å². The lowest BCUT2D eigenvalue weighted by Crippen LogP contribution is -2.31. The Labute approximate surface area is 140 Å². The van der Waals surface area contributed by atoms with Crippen LogP contribution in [0.4, 0.5) is 5.00 Å². The van der Waals surface area contributed by atoms with Gasteiger partial charge in [0, 0.05) is 22.5 Å². The first kappa shape index (κ1) is 14.4. The van der Waals surface area contributed by atoms with Crippen LogP contribution >= 0.6 is 11.3 Å². The van der Waals surface area contributed by atoms with Gasteiger partial charge >= 0.3 is 0 Å². The zero-order chi connectivity index (χ0) is 15.8. The Bertz CT molecular complexity index is 804. The normalized spacial score (nSPS) is 16.6. The lowest BCUT2D eigenvalue weighted by atomic mass is 9.99. The molecule has 116 valence electrons. The van der Waals surface area contributed by atoms with Crippen molar-refractivity contribution in [2.24, 2.45) is 4.99 Å². The predicted octanol–water partition coefficient (Wildman–Crippen LogP) is 3.61. The first-order chi connectivity index (χ1) is 11.3. The number of aliphatic imine (C=N–C) groups is 1. The summed E-state index contributed by atoms with van der Waals surface area (Å²) in [5, 5.41) is 1.06. The molecule has 3 nitrogen and oxygen atoms in total. The number of carbonyl (C=O) groups is 1. The Morgan fingerprint density at radius 1 is 1.26 bits per heavy atom. The minimum absolute atomic E-state index is 0.0528. The van der Waals surface area contributed by atoms with E-state index in [0.29, 0.717) is 6.54 Å².